The molecule has 1 amide bonds. The number of ether oxygens (including phenoxy) is 4. The van der Waals surface area contributed by atoms with Gasteiger partial charge in [-0.1, -0.05) is 20.8 Å². The Labute approximate surface area is 396 Å². The first-order valence-electron chi connectivity index (χ1n) is 22.9. The van der Waals surface area contributed by atoms with Gasteiger partial charge in [0.15, 0.2) is 12.4 Å². The van der Waals surface area contributed by atoms with Crippen LogP contribution < -0.4 is 56.1 Å². The smallest absolute Gasteiger partial charge is 0.390 e. The van der Waals surface area contributed by atoms with Gasteiger partial charge >= 0.3 is 19.2 Å². The Bertz CT molecular complexity index is 2290. The van der Waals surface area contributed by atoms with Crippen LogP contribution in [-0.4, -0.2) is 186 Å². The second kappa shape index (κ2) is 24.7. The molecule has 2 aromatic rings. The fourth-order valence-electron chi connectivity index (χ4n) is 8.51. The number of nitrogens with zero attached hydrogens (tertiary/aromatic N) is 3. The number of aliphatic hydroxyl groups excluding tert-OH is 4. The van der Waals surface area contributed by atoms with Gasteiger partial charge in [0.25, 0.3) is 17.0 Å². The number of rotatable bonds is 18. The van der Waals surface area contributed by atoms with E-state index in [0.29, 0.717) is 0 Å². The molecule has 3 aliphatic heterocycles. The van der Waals surface area contributed by atoms with Gasteiger partial charge in [0.2, 0.25) is 0 Å². The SMILES string of the molecule is CCN(CC)CC.Cc1cn([C@H]2C[C@H](OP(=O)(O)OC[C@H]3O[C@@H](n4cc(C)c(=O)[nH]c4=O)C[C@@H]3O)[C@@H](C(=O)NCCN[C@H]3[C@@H](O)[C@H](N)C[C@H](N)[C@H]3O[C@H]3O[C@H](CN)[C@@H](O)[C@H](O)[C@H]3N)O2)c(=O)[nH]c1=O. The molecule has 69 heavy (non-hydrogen) atoms. The lowest BCUT2D eigenvalue weighted by atomic mass is 9.82. The van der Waals surface area contributed by atoms with Gasteiger partial charge in [0.1, 0.15) is 43.0 Å². The third-order valence-electron chi connectivity index (χ3n) is 12.7. The van der Waals surface area contributed by atoms with Crippen molar-refractivity contribution in [2.24, 2.45) is 22.9 Å². The lowest BCUT2D eigenvalue weighted by molar-refractivity contribution is -0.279. The molecule has 1 saturated carbocycles. The second-order valence-corrected chi connectivity index (χ2v) is 18.8. The van der Waals surface area contributed by atoms with E-state index >= 15 is 0 Å². The average Bonchev–Trinajstić information content (AvgIpc) is 3.89. The van der Waals surface area contributed by atoms with Gasteiger partial charge in [0, 0.05) is 68.1 Å². The van der Waals surface area contributed by atoms with Gasteiger partial charge in [-0.2, -0.15) is 0 Å². The zero-order valence-electron chi connectivity index (χ0n) is 39.2. The van der Waals surface area contributed by atoms with Crippen LogP contribution >= 0.6 is 7.82 Å². The van der Waals surface area contributed by atoms with E-state index in [-0.39, 0.29) is 50.0 Å². The third-order valence-corrected chi connectivity index (χ3v) is 13.7. The maximum atomic E-state index is 13.7. The number of phosphoric acid groups is 1. The highest BCUT2D eigenvalue weighted by Crippen LogP contribution is 2.49. The summed E-state index contributed by atoms with van der Waals surface area (Å²) in [5, 5.41) is 48.1. The third kappa shape index (κ3) is 13.9. The molecule has 1 unspecified atom stereocenters. The lowest BCUT2D eigenvalue weighted by Gasteiger charge is -2.47. The number of aromatic nitrogens is 4. The van der Waals surface area contributed by atoms with Crippen molar-refractivity contribution in [2.75, 3.05) is 45.9 Å². The van der Waals surface area contributed by atoms with Gasteiger partial charge in [-0.15, -0.1) is 0 Å². The first-order chi connectivity index (χ1) is 32.5. The maximum absolute atomic E-state index is 13.7. The standard InChI is InChI=1S/C34H55N10O17P.C6H15N/c1-12-9-43(33(52)41-29(12)49)20-6-16(45)19(57-20)11-56-62(54,55)61-17-7-21(44-10-13(2)30(50)42-34(44)53)59-28(17)31(51)40-4-3-39-23-24(46)14(36)5-15(37)27(23)60-32-22(38)26(48)25(47)18(8-35)58-32;1-4-7(5-2)6-3/h9-10,14-28,32,39,45-48H,3-8,11,35-38H2,1-2H3,(H,40,51)(H,54,55)(H,41,49,52)(H,42,50,53);4-6H2,1-3H3/t14-,15+,16+,17+,18-,19-,20-,21-,22-,23+,24+,25-,26-,27-,28+,32-;/m1./s1. The number of aryl methyl sites for hydroxylation is 2. The Morgan fingerprint density at radius 3 is 1.96 bits per heavy atom. The molecule has 17 N–H and O–H groups in total. The minimum absolute atomic E-state index is 0.0611. The van der Waals surface area contributed by atoms with Crippen LogP contribution in [0.3, 0.4) is 0 Å². The van der Waals surface area contributed by atoms with Crippen molar-refractivity contribution in [2.45, 2.75) is 152 Å². The summed E-state index contributed by atoms with van der Waals surface area (Å²) >= 11 is 0. The van der Waals surface area contributed by atoms with Gasteiger partial charge in [-0.25, -0.2) is 14.2 Å². The topological polar surface area (TPSA) is 432 Å². The summed E-state index contributed by atoms with van der Waals surface area (Å²) < 4.78 is 49.3. The van der Waals surface area contributed by atoms with E-state index in [4.69, 9.17) is 50.9 Å². The van der Waals surface area contributed by atoms with Gasteiger partial charge in [-0.3, -0.25) is 42.5 Å². The quantitative estimate of drug-likeness (QED) is 0.0488. The first kappa shape index (κ1) is 56.3. The normalized spacial score (nSPS) is 34.5. The number of aromatic amines is 2. The molecular weight excluding hydrogens is 937 g/mol. The van der Waals surface area contributed by atoms with Crippen molar-refractivity contribution >= 4 is 13.7 Å². The number of carbonyl (C=O) groups is 1. The molecule has 0 radical (unpaired) electrons. The predicted octanol–water partition coefficient (Wildman–Crippen LogP) is -5.90. The fraction of sp³-hybridized carbons (Fsp3) is 0.775. The van der Waals surface area contributed by atoms with E-state index in [1.165, 1.54) is 45.9 Å². The molecule has 392 valence electrons. The zero-order chi connectivity index (χ0) is 51.1. The number of phosphoric ester groups is 1. The molecule has 28 nitrogen and oxygen atoms in total. The molecule has 17 atom stereocenters. The Hall–Kier alpha value is -3.62. The van der Waals surface area contributed by atoms with Crippen LogP contribution in [0, 0.1) is 13.8 Å². The molecule has 5 heterocycles. The van der Waals surface area contributed by atoms with E-state index < -0.39 is 141 Å². The van der Waals surface area contributed by atoms with Crippen LogP contribution in [0.5, 0.6) is 0 Å². The zero-order valence-corrected chi connectivity index (χ0v) is 40.1. The molecule has 4 fully saturated rings. The van der Waals surface area contributed by atoms with E-state index in [1.54, 1.807) is 0 Å². The predicted molar refractivity (Wildman–Crippen MR) is 243 cm³/mol. The number of aliphatic hydroxyl groups is 4. The Balaban J connectivity index is 0.00000118. The number of carbonyl (C=O) groups excluding carboxylic acids is 1. The van der Waals surface area contributed by atoms with E-state index in [1.807, 2.05) is 0 Å². The van der Waals surface area contributed by atoms with E-state index in [2.05, 4.69) is 46.3 Å². The number of amides is 1. The Morgan fingerprint density at radius 2 is 1.41 bits per heavy atom. The molecule has 6 rings (SSSR count). The highest BCUT2D eigenvalue weighted by molar-refractivity contribution is 7.47. The fourth-order valence-corrected chi connectivity index (χ4v) is 9.44. The van der Waals surface area contributed by atoms with Crippen LogP contribution in [0.1, 0.15) is 63.6 Å². The van der Waals surface area contributed by atoms with E-state index in [9.17, 15) is 53.9 Å². The van der Waals surface area contributed by atoms with Gasteiger partial charge in [-0.05, 0) is 39.9 Å². The average molecular weight is 1010 g/mol. The molecule has 3 saturated heterocycles. The van der Waals surface area contributed by atoms with Crippen molar-refractivity contribution in [1.82, 2.24) is 34.6 Å². The summed E-state index contributed by atoms with van der Waals surface area (Å²) in [4.78, 5) is 80.1. The minimum Gasteiger partial charge on any atom is -0.390 e. The van der Waals surface area contributed by atoms with E-state index in [0.717, 1.165) is 9.13 Å². The molecular formula is C40H70N11O17P. The largest absolute Gasteiger partial charge is 0.472 e. The molecule has 4 aliphatic rings. The lowest BCUT2D eigenvalue weighted by Crippen LogP contribution is -2.70. The summed E-state index contributed by atoms with van der Waals surface area (Å²) in [5.41, 5.74) is 21.6. The number of nitrogens with two attached hydrogens (primary N) is 4. The van der Waals surface area contributed by atoms with Crippen LogP contribution in [0.25, 0.3) is 0 Å². The first-order valence-corrected chi connectivity index (χ1v) is 24.4. The van der Waals surface area contributed by atoms with Crippen molar-refractivity contribution in [3.8, 4) is 0 Å². The molecule has 2 aromatic heterocycles. The molecule has 0 aromatic carbocycles. The number of nitrogens with one attached hydrogen (secondary N) is 4. The summed E-state index contributed by atoms with van der Waals surface area (Å²) in [6.07, 6.45) is -13.4. The molecule has 1 aliphatic carbocycles. The molecule has 0 bridgehead atoms. The summed E-state index contributed by atoms with van der Waals surface area (Å²) in [6, 6.07) is -3.76. The van der Waals surface area contributed by atoms with Crippen molar-refractivity contribution in [1.29, 1.82) is 0 Å². The Morgan fingerprint density at radius 1 is 0.826 bits per heavy atom. The van der Waals surface area contributed by atoms with Crippen molar-refractivity contribution in [3.05, 3.63) is 65.2 Å². The van der Waals surface area contributed by atoms with Gasteiger partial charge < -0.3 is 82.7 Å². The summed E-state index contributed by atoms with van der Waals surface area (Å²) in [7, 11) is -5.12. The number of H-pyrrole nitrogens is 2. The number of hydrogen-bond acceptors (Lipinski definition) is 22. The summed E-state index contributed by atoms with van der Waals surface area (Å²) in [5.74, 6) is -0.875. The van der Waals surface area contributed by atoms with Crippen molar-refractivity contribution in [3.63, 3.8) is 0 Å². The van der Waals surface area contributed by atoms with Crippen molar-refractivity contribution < 1.29 is 62.7 Å². The maximum Gasteiger partial charge on any atom is 0.472 e. The van der Waals surface area contributed by atoms with Crippen LogP contribution in [0.4, 0.5) is 0 Å². The van der Waals surface area contributed by atoms with Crippen LogP contribution in [0.2, 0.25) is 0 Å². The Kier molecular flexibility index (Phi) is 20.1. The second-order valence-electron chi connectivity index (χ2n) is 17.4. The minimum atomic E-state index is -5.12. The van der Waals surface area contributed by atoms with Crippen LogP contribution in [-0.2, 0) is 37.4 Å². The summed E-state index contributed by atoms with van der Waals surface area (Å²) in [6.45, 7) is 11.9. The van der Waals surface area contributed by atoms with Gasteiger partial charge in [0.05, 0.1) is 37.0 Å². The molecule has 0 spiro atoms. The number of hydrogen-bond donors (Lipinski definition) is 13. The highest BCUT2D eigenvalue weighted by Gasteiger charge is 2.49. The van der Waals surface area contributed by atoms with Crippen LogP contribution in [0.15, 0.2) is 31.6 Å². The monoisotopic (exact) mass is 1010 g/mol. The highest BCUT2D eigenvalue weighted by atomic mass is 31.2. The molecule has 29 heteroatoms.